The molecule has 0 aromatic rings. The van der Waals surface area contributed by atoms with E-state index in [4.69, 9.17) is 5.73 Å². The van der Waals surface area contributed by atoms with Gasteiger partial charge in [0.05, 0.1) is 0 Å². The highest BCUT2D eigenvalue weighted by Gasteiger charge is 2.40. The van der Waals surface area contributed by atoms with Gasteiger partial charge in [-0.15, -0.1) is 0 Å². The summed E-state index contributed by atoms with van der Waals surface area (Å²) in [5, 5.41) is 3.10. The Labute approximate surface area is 97.5 Å². The number of nitrogens with one attached hydrogen (secondary N) is 1. The van der Waals surface area contributed by atoms with Crippen LogP contribution in [0.3, 0.4) is 0 Å². The number of rotatable bonds is 4. The molecule has 4 unspecified atom stereocenters. The summed E-state index contributed by atoms with van der Waals surface area (Å²) in [6.07, 6.45) is 6.68. The summed E-state index contributed by atoms with van der Waals surface area (Å²) in [5.74, 6) is 1.94. The highest BCUT2D eigenvalue weighted by Crippen LogP contribution is 2.43. The van der Waals surface area contributed by atoms with Gasteiger partial charge in [-0.1, -0.05) is 26.0 Å². The maximum absolute atomic E-state index is 12.1. The molecule has 0 spiro atoms. The second-order valence-electron chi connectivity index (χ2n) is 5.48. The van der Waals surface area contributed by atoms with E-state index in [-0.39, 0.29) is 17.9 Å². The summed E-state index contributed by atoms with van der Waals surface area (Å²) >= 11 is 0. The first kappa shape index (κ1) is 11.6. The van der Waals surface area contributed by atoms with E-state index < -0.39 is 0 Å². The Bertz CT molecular complexity index is 298. The van der Waals surface area contributed by atoms with Gasteiger partial charge in [-0.2, -0.15) is 0 Å². The van der Waals surface area contributed by atoms with Crippen molar-refractivity contribution in [2.75, 3.05) is 6.54 Å². The zero-order chi connectivity index (χ0) is 11.7. The van der Waals surface area contributed by atoms with E-state index in [1.54, 1.807) is 0 Å². The lowest BCUT2D eigenvalue weighted by molar-refractivity contribution is -0.126. The van der Waals surface area contributed by atoms with Gasteiger partial charge in [0.1, 0.15) is 0 Å². The third-order valence-electron chi connectivity index (χ3n) is 4.00. The maximum atomic E-state index is 12.1. The predicted molar refractivity (Wildman–Crippen MR) is 64.7 cm³/mol. The molecule has 2 bridgehead atoms. The van der Waals surface area contributed by atoms with E-state index >= 15 is 0 Å². The summed E-state index contributed by atoms with van der Waals surface area (Å²) in [6.45, 7) is 4.72. The lowest BCUT2D eigenvalue weighted by atomic mass is 9.92. The number of fused-ring (bicyclic) bond motifs is 2. The zero-order valence-electron chi connectivity index (χ0n) is 10.1. The van der Waals surface area contributed by atoms with E-state index in [0.717, 1.165) is 6.42 Å². The van der Waals surface area contributed by atoms with Crippen LogP contribution < -0.4 is 11.1 Å². The number of amides is 1. The summed E-state index contributed by atoms with van der Waals surface area (Å²) in [6, 6.07) is 0.121. The van der Waals surface area contributed by atoms with Crippen molar-refractivity contribution in [1.29, 1.82) is 0 Å². The van der Waals surface area contributed by atoms with Crippen LogP contribution in [0, 0.1) is 23.7 Å². The minimum Gasteiger partial charge on any atom is -0.352 e. The van der Waals surface area contributed by atoms with E-state index in [1.807, 2.05) is 0 Å². The predicted octanol–water partition coefficient (Wildman–Crippen LogP) is 1.30. The molecule has 0 saturated heterocycles. The number of hydrogen-bond acceptors (Lipinski definition) is 2. The Balaban J connectivity index is 1.91. The van der Waals surface area contributed by atoms with E-state index in [0.29, 0.717) is 24.3 Å². The number of hydrogen-bond donors (Lipinski definition) is 2. The van der Waals surface area contributed by atoms with Crippen molar-refractivity contribution in [2.45, 2.75) is 32.7 Å². The van der Waals surface area contributed by atoms with Crippen LogP contribution in [0.25, 0.3) is 0 Å². The zero-order valence-corrected chi connectivity index (χ0v) is 10.1. The molecule has 4 atom stereocenters. The van der Waals surface area contributed by atoms with Crippen LogP contribution in [0.1, 0.15) is 26.7 Å². The van der Waals surface area contributed by atoms with Gasteiger partial charge in [0, 0.05) is 18.5 Å². The molecule has 0 heterocycles. The molecule has 90 valence electrons. The fraction of sp³-hybridized carbons (Fsp3) is 0.769. The maximum Gasteiger partial charge on any atom is 0.223 e. The topological polar surface area (TPSA) is 55.1 Å². The lowest BCUT2D eigenvalue weighted by Gasteiger charge is -2.24. The molecular weight excluding hydrogens is 200 g/mol. The van der Waals surface area contributed by atoms with Gasteiger partial charge in [-0.05, 0) is 30.6 Å². The molecule has 1 saturated carbocycles. The Morgan fingerprint density at radius 3 is 2.62 bits per heavy atom. The SMILES string of the molecule is CC(C)C(CN)NC(=O)C1CC2C=CC1C2. The van der Waals surface area contributed by atoms with Crippen LogP contribution in [-0.4, -0.2) is 18.5 Å². The Morgan fingerprint density at radius 1 is 1.44 bits per heavy atom. The van der Waals surface area contributed by atoms with Crippen molar-refractivity contribution in [3.05, 3.63) is 12.2 Å². The first-order chi connectivity index (χ1) is 7.61. The van der Waals surface area contributed by atoms with Crippen molar-refractivity contribution < 1.29 is 4.79 Å². The minimum atomic E-state index is 0.121. The first-order valence-corrected chi connectivity index (χ1v) is 6.30. The third-order valence-corrected chi connectivity index (χ3v) is 4.00. The molecule has 0 aromatic carbocycles. The van der Waals surface area contributed by atoms with Crippen molar-refractivity contribution in [3.63, 3.8) is 0 Å². The van der Waals surface area contributed by atoms with Gasteiger partial charge in [-0.25, -0.2) is 0 Å². The van der Waals surface area contributed by atoms with Crippen LogP contribution in [0.15, 0.2) is 12.2 Å². The normalized spacial score (nSPS) is 33.4. The summed E-state index contributed by atoms with van der Waals surface area (Å²) in [5.41, 5.74) is 5.67. The fourth-order valence-corrected chi connectivity index (χ4v) is 2.87. The molecule has 2 aliphatic carbocycles. The molecule has 1 amide bonds. The number of carbonyl (C=O) groups excluding carboxylic acids is 1. The van der Waals surface area contributed by atoms with Crippen LogP contribution >= 0.6 is 0 Å². The van der Waals surface area contributed by atoms with E-state index in [1.165, 1.54) is 6.42 Å². The largest absolute Gasteiger partial charge is 0.352 e. The summed E-state index contributed by atoms with van der Waals surface area (Å²) in [4.78, 5) is 12.1. The van der Waals surface area contributed by atoms with Gasteiger partial charge in [-0.3, -0.25) is 4.79 Å². The second-order valence-corrected chi connectivity index (χ2v) is 5.48. The molecular formula is C13H22N2O. The van der Waals surface area contributed by atoms with Gasteiger partial charge in [0.2, 0.25) is 5.91 Å². The second kappa shape index (κ2) is 4.58. The quantitative estimate of drug-likeness (QED) is 0.704. The van der Waals surface area contributed by atoms with Crippen molar-refractivity contribution in [3.8, 4) is 0 Å². The smallest absolute Gasteiger partial charge is 0.223 e. The molecule has 0 radical (unpaired) electrons. The lowest BCUT2D eigenvalue weighted by Crippen LogP contribution is -2.46. The molecule has 3 nitrogen and oxygen atoms in total. The molecule has 3 heteroatoms. The molecule has 2 rings (SSSR count). The Hall–Kier alpha value is -0.830. The van der Waals surface area contributed by atoms with Gasteiger partial charge in [0.15, 0.2) is 0 Å². The van der Waals surface area contributed by atoms with Crippen molar-refractivity contribution in [1.82, 2.24) is 5.32 Å². The first-order valence-electron chi connectivity index (χ1n) is 6.30. The van der Waals surface area contributed by atoms with Gasteiger partial charge in [0.25, 0.3) is 0 Å². The van der Waals surface area contributed by atoms with Crippen LogP contribution in [0.2, 0.25) is 0 Å². The van der Waals surface area contributed by atoms with E-state index in [9.17, 15) is 4.79 Å². The minimum absolute atomic E-state index is 0.121. The molecule has 0 aromatic heterocycles. The molecule has 3 N–H and O–H groups in total. The molecule has 2 aliphatic rings. The number of allylic oxidation sites excluding steroid dienone is 2. The third kappa shape index (κ3) is 2.14. The molecule has 0 aliphatic heterocycles. The highest BCUT2D eigenvalue weighted by molar-refractivity contribution is 5.80. The summed E-state index contributed by atoms with van der Waals surface area (Å²) in [7, 11) is 0. The average molecular weight is 222 g/mol. The van der Waals surface area contributed by atoms with Crippen LogP contribution in [0.5, 0.6) is 0 Å². The standard InChI is InChI=1S/C13H22N2O/c1-8(2)12(7-14)15-13(16)11-6-9-3-4-10(11)5-9/h3-4,8-12H,5-7,14H2,1-2H3,(H,15,16). The Morgan fingerprint density at radius 2 is 2.19 bits per heavy atom. The summed E-state index contributed by atoms with van der Waals surface area (Å²) < 4.78 is 0. The van der Waals surface area contributed by atoms with Crippen molar-refractivity contribution in [2.24, 2.45) is 29.4 Å². The van der Waals surface area contributed by atoms with Crippen LogP contribution in [0.4, 0.5) is 0 Å². The highest BCUT2D eigenvalue weighted by atomic mass is 16.2. The number of nitrogens with two attached hydrogens (primary N) is 1. The van der Waals surface area contributed by atoms with E-state index in [2.05, 4.69) is 31.3 Å². The Kier molecular flexibility index (Phi) is 3.33. The molecule has 16 heavy (non-hydrogen) atoms. The molecule has 1 fully saturated rings. The number of carbonyl (C=O) groups is 1. The fourth-order valence-electron chi connectivity index (χ4n) is 2.87. The average Bonchev–Trinajstić information content (AvgIpc) is 2.86. The van der Waals surface area contributed by atoms with Gasteiger partial charge < -0.3 is 11.1 Å². The van der Waals surface area contributed by atoms with Crippen molar-refractivity contribution >= 4 is 5.91 Å². The van der Waals surface area contributed by atoms with Gasteiger partial charge >= 0.3 is 0 Å². The van der Waals surface area contributed by atoms with Crippen LogP contribution in [-0.2, 0) is 4.79 Å². The monoisotopic (exact) mass is 222 g/mol.